The van der Waals surface area contributed by atoms with Crippen molar-refractivity contribution in [1.29, 1.82) is 0 Å². The van der Waals surface area contributed by atoms with Gasteiger partial charge in [0, 0.05) is 13.1 Å². The summed E-state index contributed by atoms with van der Waals surface area (Å²) in [5, 5.41) is -1.16. The topological polar surface area (TPSA) is 74.8 Å². The van der Waals surface area contributed by atoms with Crippen molar-refractivity contribution in [1.82, 2.24) is 0 Å². The first-order chi connectivity index (χ1) is 13.6. The predicted molar refractivity (Wildman–Crippen MR) is 111 cm³/mol. The van der Waals surface area contributed by atoms with Crippen LogP contribution in [0.4, 0.5) is 20.2 Å². The molecule has 0 aliphatic carbocycles. The van der Waals surface area contributed by atoms with Gasteiger partial charge in [0.15, 0.2) is 5.08 Å². The zero-order chi connectivity index (χ0) is 21.7. The van der Waals surface area contributed by atoms with E-state index in [2.05, 4.69) is 0 Å². The molecule has 0 unspecified atom stereocenters. The molecule has 0 aliphatic heterocycles. The summed E-state index contributed by atoms with van der Waals surface area (Å²) >= 11 is 0. The number of nitrogens with zero attached hydrogens (tertiary/aromatic N) is 2. The molecular weight excluding hydrogens is 422 g/mol. The van der Waals surface area contributed by atoms with E-state index < -0.39 is 36.8 Å². The fraction of sp³-hybridized carbons (Fsp3) is 0.368. The second kappa shape index (κ2) is 9.53. The summed E-state index contributed by atoms with van der Waals surface area (Å²) in [5.74, 6) is -1.05. The molecule has 160 valence electrons. The highest BCUT2D eigenvalue weighted by Crippen LogP contribution is 2.24. The Morgan fingerprint density at radius 2 is 0.966 bits per heavy atom. The first kappa shape index (κ1) is 23.1. The van der Waals surface area contributed by atoms with Gasteiger partial charge in [-0.2, -0.15) is 0 Å². The Kier molecular flexibility index (Phi) is 7.59. The maximum atomic E-state index is 13.2. The third-order valence-electron chi connectivity index (χ3n) is 4.05. The Bertz CT molecular complexity index is 926. The van der Waals surface area contributed by atoms with E-state index in [0.717, 1.165) is 32.9 Å². The van der Waals surface area contributed by atoms with Gasteiger partial charge in [-0.25, -0.2) is 25.6 Å². The molecule has 10 heteroatoms. The second-order valence-electron chi connectivity index (χ2n) is 6.44. The lowest BCUT2D eigenvalue weighted by Gasteiger charge is -2.28. The molecule has 6 nitrogen and oxygen atoms in total. The largest absolute Gasteiger partial charge is 0.269 e. The number of benzene rings is 2. The van der Waals surface area contributed by atoms with E-state index in [1.54, 1.807) is 13.8 Å². The van der Waals surface area contributed by atoms with E-state index in [1.165, 1.54) is 24.3 Å². The molecule has 0 radical (unpaired) electrons. The van der Waals surface area contributed by atoms with Crippen LogP contribution in [-0.4, -0.2) is 35.0 Å². The van der Waals surface area contributed by atoms with Gasteiger partial charge >= 0.3 is 0 Å². The van der Waals surface area contributed by atoms with Crippen LogP contribution in [0.5, 0.6) is 0 Å². The molecule has 0 heterocycles. The number of hydrogen-bond acceptors (Lipinski definition) is 4. The van der Waals surface area contributed by atoms with Gasteiger partial charge in [0.05, 0.1) is 11.4 Å². The van der Waals surface area contributed by atoms with Crippen molar-refractivity contribution in [2.45, 2.75) is 26.7 Å². The van der Waals surface area contributed by atoms with Gasteiger partial charge in [-0.05, 0) is 61.4 Å². The molecule has 0 aliphatic rings. The standard InChI is InChI=1S/C19H24F2N2O4S2/c1-3-13-22(18-9-5-16(20)6-10-18)28(24,25)15-29(26,27)23(14-4-2)19-11-7-17(21)8-12-19/h5-12H,3-4,13-15H2,1-2H3. The van der Waals surface area contributed by atoms with Gasteiger partial charge in [0.25, 0.3) is 20.0 Å². The van der Waals surface area contributed by atoms with Crippen molar-refractivity contribution < 1.29 is 25.6 Å². The highest BCUT2D eigenvalue weighted by Gasteiger charge is 2.33. The first-order valence-corrected chi connectivity index (χ1v) is 12.3. The van der Waals surface area contributed by atoms with Gasteiger partial charge in [-0.3, -0.25) is 8.61 Å². The lowest BCUT2D eigenvalue weighted by Crippen LogP contribution is -2.42. The molecule has 0 saturated carbocycles. The van der Waals surface area contributed by atoms with Crippen molar-refractivity contribution in [3.8, 4) is 0 Å². The molecule has 0 amide bonds. The molecule has 29 heavy (non-hydrogen) atoms. The third-order valence-corrected chi connectivity index (χ3v) is 8.56. The smallest absolute Gasteiger partial charge is 0.251 e. The SMILES string of the molecule is CCCN(c1ccc(F)cc1)S(=O)(=O)CS(=O)(=O)N(CCC)c1ccc(F)cc1. The molecule has 0 spiro atoms. The number of hydrogen-bond donors (Lipinski definition) is 0. The Morgan fingerprint density at radius 1 is 0.655 bits per heavy atom. The Balaban J connectivity index is 2.39. The zero-order valence-electron chi connectivity index (χ0n) is 16.3. The lowest BCUT2D eigenvalue weighted by atomic mass is 10.3. The summed E-state index contributed by atoms with van der Waals surface area (Å²) in [6, 6.07) is 9.62. The fourth-order valence-electron chi connectivity index (χ4n) is 2.79. The average Bonchev–Trinajstić information content (AvgIpc) is 2.65. The number of sulfonamides is 2. The Hall–Kier alpha value is -2.20. The fourth-order valence-corrected chi connectivity index (χ4v) is 7.12. The summed E-state index contributed by atoms with van der Waals surface area (Å²) in [6.45, 7) is 3.60. The minimum atomic E-state index is -4.28. The van der Waals surface area contributed by atoms with E-state index in [4.69, 9.17) is 0 Å². The number of anilines is 2. The van der Waals surface area contributed by atoms with Gasteiger partial charge in [-0.15, -0.1) is 0 Å². The molecular formula is C19H24F2N2O4S2. The summed E-state index contributed by atoms with van der Waals surface area (Å²) in [5.41, 5.74) is 0.375. The summed E-state index contributed by atoms with van der Waals surface area (Å²) in [6.07, 6.45) is 0.876. The van der Waals surface area contributed by atoms with E-state index in [9.17, 15) is 25.6 Å². The predicted octanol–water partition coefficient (Wildman–Crippen LogP) is 3.71. The molecule has 2 rings (SSSR count). The van der Waals surface area contributed by atoms with Crippen LogP contribution in [-0.2, 0) is 20.0 Å². The highest BCUT2D eigenvalue weighted by atomic mass is 32.3. The Labute approximate surface area is 170 Å². The van der Waals surface area contributed by atoms with Crippen LogP contribution in [0.15, 0.2) is 48.5 Å². The summed E-state index contributed by atoms with van der Waals surface area (Å²) in [7, 11) is -8.56. The van der Waals surface area contributed by atoms with Crippen molar-refractivity contribution in [3.63, 3.8) is 0 Å². The molecule has 0 atom stereocenters. The first-order valence-electron chi connectivity index (χ1n) is 9.12. The van der Waals surface area contributed by atoms with Crippen LogP contribution in [0, 0.1) is 11.6 Å². The van der Waals surface area contributed by atoms with Crippen LogP contribution in [0.3, 0.4) is 0 Å². The molecule has 0 bridgehead atoms. The molecule has 0 saturated heterocycles. The number of rotatable bonds is 10. The van der Waals surface area contributed by atoms with E-state index >= 15 is 0 Å². The van der Waals surface area contributed by atoms with Gasteiger partial charge in [-0.1, -0.05) is 13.8 Å². The van der Waals surface area contributed by atoms with E-state index in [1.807, 2.05) is 0 Å². The Morgan fingerprint density at radius 3 is 1.24 bits per heavy atom. The zero-order valence-corrected chi connectivity index (χ0v) is 17.9. The summed E-state index contributed by atoms with van der Waals surface area (Å²) in [4.78, 5) is 0. The van der Waals surface area contributed by atoms with Crippen LogP contribution in [0.2, 0.25) is 0 Å². The van der Waals surface area contributed by atoms with Crippen LogP contribution >= 0.6 is 0 Å². The van der Waals surface area contributed by atoms with Crippen molar-refractivity contribution in [2.75, 3.05) is 26.8 Å². The van der Waals surface area contributed by atoms with Gasteiger partial charge in [0.2, 0.25) is 0 Å². The maximum Gasteiger partial charge on any atom is 0.251 e. The van der Waals surface area contributed by atoms with Gasteiger partial charge in [0.1, 0.15) is 11.6 Å². The molecule has 2 aromatic carbocycles. The quantitative estimate of drug-likeness (QED) is 0.558. The van der Waals surface area contributed by atoms with E-state index in [0.29, 0.717) is 12.8 Å². The molecule has 0 aromatic heterocycles. The lowest BCUT2D eigenvalue weighted by molar-refractivity contribution is 0.582. The molecule has 0 N–H and O–H groups in total. The van der Waals surface area contributed by atoms with Crippen molar-refractivity contribution in [3.05, 3.63) is 60.2 Å². The van der Waals surface area contributed by atoms with Crippen LogP contribution in [0.1, 0.15) is 26.7 Å². The van der Waals surface area contributed by atoms with Crippen molar-refractivity contribution in [2.24, 2.45) is 0 Å². The monoisotopic (exact) mass is 446 g/mol. The van der Waals surface area contributed by atoms with Gasteiger partial charge < -0.3 is 0 Å². The number of halogens is 2. The summed E-state index contributed by atoms with van der Waals surface area (Å²) < 4.78 is 80.3. The molecule has 0 fully saturated rings. The van der Waals surface area contributed by atoms with Crippen LogP contribution in [0.25, 0.3) is 0 Å². The molecule has 2 aromatic rings. The maximum absolute atomic E-state index is 13.2. The third kappa shape index (κ3) is 5.89. The average molecular weight is 447 g/mol. The highest BCUT2D eigenvalue weighted by molar-refractivity contribution is 8.09. The van der Waals surface area contributed by atoms with Crippen LogP contribution < -0.4 is 8.61 Å². The van der Waals surface area contributed by atoms with E-state index in [-0.39, 0.29) is 24.5 Å². The minimum Gasteiger partial charge on any atom is -0.269 e. The normalized spacial score (nSPS) is 12.0. The van der Waals surface area contributed by atoms with Crippen molar-refractivity contribution >= 4 is 31.4 Å². The second-order valence-corrected chi connectivity index (χ2v) is 10.6. The minimum absolute atomic E-state index is 0.0494.